The number of carbonyl (C=O) groups excluding carboxylic acids is 1. The molecule has 0 saturated carbocycles. The lowest BCUT2D eigenvalue weighted by molar-refractivity contribution is -0.120. The zero-order valence-electron chi connectivity index (χ0n) is 17.9. The van der Waals surface area contributed by atoms with Crippen molar-refractivity contribution in [2.45, 2.75) is 19.4 Å². The molecule has 1 N–H and O–H groups in total. The van der Waals surface area contributed by atoms with Crippen molar-refractivity contribution in [3.8, 4) is 0 Å². The maximum absolute atomic E-state index is 12.7. The molecule has 0 radical (unpaired) electrons. The zero-order chi connectivity index (χ0) is 21.6. The number of nitrogens with one attached hydrogen (secondary N) is 1. The second kappa shape index (κ2) is 9.74. The molecule has 0 atom stereocenters. The van der Waals surface area contributed by atoms with E-state index in [1.807, 2.05) is 24.2 Å². The third-order valence-electron chi connectivity index (χ3n) is 5.23. The molecular formula is C22H27N7OS. The number of thiazole rings is 1. The number of aliphatic imine (C=N–C) groups is 1. The number of carbonyl (C=O) groups is 1. The third kappa shape index (κ3) is 5.29. The summed E-state index contributed by atoms with van der Waals surface area (Å²) in [5, 5.41) is 10.7. The minimum Gasteiger partial charge on any atom is -0.351 e. The van der Waals surface area contributed by atoms with Crippen LogP contribution >= 0.6 is 11.3 Å². The Morgan fingerprint density at radius 2 is 2.06 bits per heavy atom. The fourth-order valence-corrected chi connectivity index (χ4v) is 4.42. The summed E-state index contributed by atoms with van der Waals surface area (Å²) >= 11 is 1.69. The quantitative estimate of drug-likeness (QED) is 0.472. The number of hydrogen-bond donors (Lipinski definition) is 1. The normalized spacial score (nSPS) is 14.9. The van der Waals surface area contributed by atoms with Crippen LogP contribution in [0.15, 0.2) is 53.1 Å². The Hall–Kier alpha value is -3.20. The average molecular weight is 438 g/mol. The van der Waals surface area contributed by atoms with E-state index in [0.717, 1.165) is 35.2 Å². The number of anilines is 1. The molecule has 3 heterocycles. The van der Waals surface area contributed by atoms with Gasteiger partial charge in [0.25, 0.3) is 0 Å². The molecule has 1 amide bonds. The van der Waals surface area contributed by atoms with Crippen LogP contribution in [0.5, 0.6) is 0 Å². The molecule has 4 rings (SSSR count). The second-order valence-corrected chi connectivity index (χ2v) is 8.40. The van der Waals surface area contributed by atoms with Crippen molar-refractivity contribution in [3.05, 3.63) is 64.4 Å². The number of nitrogens with zero attached hydrogens (tertiary/aromatic N) is 6. The summed E-state index contributed by atoms with van der Waals surface area (Å²) in [5.41, 5.74) is 3.16. The first-order valence-electron chi connectivity index (χ1n) is 10.3. The molecule has 0 unspecified atom stereocenters. The van der Waals surface area contributed by atoms with Crippen LogP contribution in [-0.4, -0.2) is 58.2 Å². The summed E-state index contributed by atoms with van der Waals surface area (Å²) in [6.07, 6.45) is 5.51. The molecule has 1 aromatic carbocycles. The highest BCUT2D eigenvalue weighted by Gasteiger charge is 2.27. The van der Waals surface area contributed by atoms with Gasteiger partial charge in [-0.05, 0) is 12.0 Å². The highest BCUT2D eigenvalue weighted by atomic mass is 32.1. The van der Waals surface area contributed by atoms with Crippen LogP contribution in [0.2, 0.25) is 0 Å². The van der Waals surface area contributed by atoms with Crippen LogP contribution in [0, 0.1) is 0 Å². The van der Waals surface area contributed by atoms with E-state index in [0.29, 0.717) is 19.6 Å². The number of guanidine groups is 1. The summed E-state index contributed by atoms with van der Waals surface area (Å²) in [4.78, 5) is 25.5. The second-order valence-electron chi connectivity index (χ2n) is 7.46. The number of amides is 1. The van der Waals surface area contributed by atoms with E-state index >= 15 is 0 Å². The van der Waals surface area contributed by atoms with Gasteiger partial charge in [0.15, 0.2) is 5.96 Å². The smallest absolute Gasteiger partial charge is 0.246 e. The van der Waals surface area contributed by atoms with Gasteiger partial charge in [-0.15, -0.1) is 11.3 Å². The number of aromatic nitrogens is 3. The third-order valence-corrected chi connectivity index (χ3v) is 6.19. The van der Waals surface area contributed by atoms with Gasteiger partial charge in [-0.1, -0.05) is 30.3 Å². The Morgan fingerprint density at radius 3 is 2.77 bits per heavy atom. The van der Waals surface area contributed by atoms with Gasteiger partial charge < -0.3 is 15.1 Å². The minimum atomic E-state index is 0.0408. The van der Waals surface area contributed by atoms with E-state index in [9.17, 15) is 4.79 Å². The van der Waals surface area contributed by atoms with Gasteiger partial charge in [0, 0.05) is 45.2 Å². The van der Waals surface area contributed by atoms with Crippen LogP contribution in [-0.2, 0) is 31.2 Å². The molecule has 2 aromatic heterocycles. The fourth-order valence-electron chi connectivity index (χ4n) is 3.62. The number of aryl methyl sites for hydroxylation is 3. The number of rotatable bonds is 6. The van der Waals surface area contributed by atoms with Crippen molar-refractivity contribution in [2.75, 3.05) is 31.6 Å². The first kappa shape index (κ1) is 21.0. The van der Waals surface area contributed by atoms with Crippen molar-refractivity contribution in [2.24, 2.45) is 12.0 Å². The maximum Gasteiger partial charge on any atom is 0.246 e. The van der Waals surface area contributed by atoms with Gasteiger partial charge in [0.05, 0.1) is 29.1 Å². The summed E-state index contributed by atoms with van der Waals surface area (Å²) < 4.78 is 1.71. The summed E-state index contributed by atoms with van der Waals surface area (Å²) in [5.74, 6) is 0.761. The van der Waals surface area contributed by atoms with Crippen molar-refractivity contribution < 1.29 is 4.79 Å². The molecule has 8 nitrogen and oxygen atoms in total. The Bertz CT molecular complexity index is 1040. The molecule has 1 saturated heterocycles. The van der Waals surface area contributed by atoms with Gasteiger partial charge >= 0.3 is 0 Å². The first-order valence-corrected chi connectivity index (χ1v) is 11.2. The monoisotopic (exact) mass is 437 g/mol. The van der Waals surface area contributed by atoms with E-state index in [4.69, 9.17) is 4.98 Å². The van der Waals surface area contributed by atoms with Gasteiger partial charge in [0.2, 0.25) is 5.91 Å². The molecule has 0 aliphatic carbocycles. The predicted octanol–water partition coefficient (Wildman–Crippen LogP) is 2.09. The standard InChI is InChI=1S/C22H27N7OS/c1-23-22(28-10-11-29(21(30)15-28)19-13-25-27(2)14-19)24-12-18-16-31-20(26-18)9-8-17-6-4-3-5-7-17/h3-7,13-14,16H,8-12,15H2,1-2H3,(H,23,24). The van der Waals surface area contributed by atoms with Gasteiger partial charge in [0.1, 0.15) is 6.54 Å². The largest absolute Gasteiger partial charge is 0.351 e. The summed E-state index contributed by atoms with van der Waals surface area (Å²) in [6.45, 7) is 2.19. The molecule has 1 aliphatic rings. The fraction of sp³-hybridized carbons (Fsp3) is 0.364. The molecule has 162 valence electrons. The highest BCUT2D eigenvalue weighted by molar-refractivity contribution is 7.09. The van der Waals surface area contributed by atoms with Crippen LogP contribution in [0.25, 0.3) is 0 Å². The summed E-state index contributed by atoms with van der Waals surface area (Å²) in [7, 11) is 3.59. The highest BCUT2D eigenvalue weighted by Crippen LogP contribution is 2.17. The lowest BCUT2D eigenvalue weighted by atomic mass is 10.1. The van der Waals surface area contributed by atoms with Crippen molar-refractivity contribution in [3.63, 3.8) is 0 Å². The van der Waals surface area contributed by atoms with Crippen molar-refractivity contribution in [1.82, 2.24) is 25.0 Å². The van der Waals surface area contributed by atoms with E-state index in [1.54, 1.807) is 34.2 Å². The predicted molar refractivity (Wildman–Crippen MR) is 123 cm³/mol. The van der Waals surface area contributed by atoms with E-state index in [1.165, 1.54) is 5.56 Å². The molecular weight excluding hydrogens is 410 g/mol. The van der Waals surface area contributed by atoms with E-state index < -0.39 is 0 Å². The maximum atomic E-state index is 12.7. The molecule has 3 aromatic rings. The molecule has 31 heavy (non-hydrogen) atoms. The van der Waals surface area contributed by atoms with Crippen LogP contribution in [0.3, 0.4) is 0 Å². The Morgan fingerprint density at radius 1 is 1.23 bits per heavy atom. The topological polar surface area (TPSA) is 78.7 Å². The Labute approximate surface area is 186 Å². The van der Waals surface area contributed by atoms with E-state index in [-0.39, 0.29) is 12.5 Å². The number of benzene rings is 1. The molecule has 1 aliphatic heterocycles. The Balaban J connectivity index is 1.28. The average Bonchev–Trinajstić information content (AvgIpc) is 3.42. The number of hydrogen-bond acceptors (Lipinski definition) is 5. The zero-order valence-corrected chi connectivity index (χ0v) is 18.7. The first-order chi connectivity index (χ1) is 15.1. The molecule has 1 fully saturated rings. The lowest BCUT2D eigenvalue weighted by Gasteiger charge is -2.35. The van der Waals surface area contributed by atoms with Crippen LogP contribution in [0.4, 0.5) is 5.69 Å². The van der Waals surface area contributed by atoms with E-state index in [2.05, 4.69) is 45.1 Å². The number of piperazine rings is 1. The minimum absolute atomic E-state index is 0.0408. The van der Waals surface area contributed by atoms with Gasteiger partial charge in [-0.25, -0.2) is 4.98 Å². The molecule has 0 bridgehead atoms. The van der Waals surface area contributed by atoms with Gasteiger partial charge in [-0.2, -0.15) is 5.10 Å². The molecule has 0 spiro atoms. The molecule has 9 heteroatoms. The SMILES string of the molecule is CN=C(NCc1csc(CCc2ccccc2)n1)N1CCN(c2cnn(C)c2)C(=O)C1. The van der Waals surface area contributed by atoms with Crippen molar-refractivity contribution in [1.29, 1.82) is 0 Å². The Kier molecular flexibility index (Phi) is 6.61. The van der Waals surface area contributed by atoms with Crippen molar-refractivity contribution >= 4 is 28.9 Å². The van der Waals surface area contributed by atoms with Crippen LogP contribution < -0.4 is 10.2 Å². The lowest BCUT2D eigenvalue weighted by Crippen LogP contribution is -2.55. The van der Waals surface area contributed by atoms with Gasteiger partial charge in [-0.3, -0.25) is 14.5 Å². The van der Waals surface area contributed by atoms with Crippen LogP contribution in [0.1, 0.15) is 16.3 Å². The summed E-state index contributed by atoms with van der Waals surface area (Å²) in [6, 6.07) is 10.5.